The van der Waals surface area contributed by atoms with E-state index in [4.69, 9.17) is 0 Å². The zero-order valence-corrected chi connectivity index (χ0v) is 18.3. The van der Waals surface area contributed by atoms with Crippen molar-refractivity contribution in [2.75, 3.05) is 18.4 Å². The summed E-state index contributed by atoms with van der Waals surface area (Å²) in [6.45, 7) is 4.32. The molecule has 0 aliphatic carbocycles. The highest BCUT2D eigenvalue weighted by atomic mass is 32.2. The maximum absolute atomic E-state index is 13.0. The second kappa shape index (κ2) is 9.46. The fourth-order valence-corrected chi connectivity index (χ4v) is 5.21. The van der Waals surface area contributed by atoms with Gasteiger partial charge in [0.15, 0.2) is 5.13 Å². The molecule has 3 rings (SSSR count). The summed E-state index contributed by atoms with van der Waals surface area (Å²) in [5.41, 5.74) is 1.28. The molecule has 0 saturated heterocycles. The highest BCUT2D eigenvalue weighted by Crippen LogP contribution is 2.22. The average molecular weight is 448 g/mol. The first-order chi connectivity index (χ1) is 14.3. The van der Waals surface area contributed by atoms with E-state index in [1.54, 1.807) is 32.2 Å². The molecule has 3 aromatic rings. The SMILES string of the molecule is CCN(CC)S(=O)(=O)c1ccc(C(=O)Nc2ncc(Cc3ccc(F)cc3)s2)cc1. The second-order valence-electron chi connectivity index (χ2n) is 6.50. The Kier molecular flexibility index (Phi) is 6.96. The van der Waals surface area contributed by atoms with Crippen LogP contribution in [0.1, 0.15) is 34.6 Å². The molecule has 0 spiro atoms. The van der Waals surface area contributed by atoms with Crippen molar-refractivity contribution in [2.24, 2.45) is 0 Å². The summed E-state index contributed by atoms with van der Waals surface area (Å²) in [7, 11) is -3.56. The number of hydrogen-bond donors (Lipinski definition) is 1. The number of thiazole rings is 1. The van der Waals surface area contributed by atoms with E-state index in [0.29, 0.717) is 30.2 Å². The van der Waals surface area contributed by atoms with Crippen LogP contribution in [0.15, 0.2) is 59.6 Å². The zero-order chi connectivity index (χ0) is 21.7. The minimum absolute atomic E-state index is 0.151. The molecule has 1 aromatic heterocycles. The Morgan fingerprint density at radius 1 is 1.07 bits per heavy atom. The molecule has 0 unspecified atom stereocenters. The van der Waals surface area contributed by atoms with Gasteiger partial charge in [0.1, 0.15) is 5.82 Å². The minimum atomic E-state index is -3.56. The average Bonchev–Trinajstić information content (AvgIpc) is 3.17. The quantitative estimate of drug-likeness (QED) is 0.562. The molecule has 6 nitrogen and oxygen atoms in total. The van der Waals surface area contributed by atoms with Crippen molar-refractivity contribution in [1.82, 2.24) is 9.29 Å². The molecule has 0 aliphatic rings. The van der Waals surface area contributed by atoms with Crippen LogP contribution in [-0.4, -0.2) is 36.7 Å². The first-order valence-electron chi connectivity index (χ1n) is 9.44. The fraction of sp³-hybridized carbons (Fsp3) is 0.238. The lowest BCUT2D eigenvalue weighted by Crippen LogP contribution is -2.30. The van der Waals surface area contributed by atoms with Crippen LogP contribution in [0.5, 0.6) is 0 Å². The predicted molar refractivity (Wildman–Crippen MR) is 116 cm³/mol. The first-order valence-corrected chi connectivity index (χ1v) is 11.7. The van der Waals surface area contributed by atoms with Crippen molar-refractivity contribution in [3.8, 4) is 0 Å². The van der Waals surface area contributed by atoms with E-state index in [9.17, 15) is 17.6 Å². The van der Waals surface area contributed by atoms with Gasteiger partial charge in [-0.15, -0.1) is 11.3 Å². The first kappa shape index (κ1) is 22.1. The highest BCUT2D eigenvalue weighted by molar-refractivity contribution is 7.89. The molecule has 0 atom stereocenters. The third kappa shape index (κ3) is 5.10. The van der Waals surface area contributed by atoms with E-state index in [0.717, 1.165) is 10.4 Å². The summed E-state index contributed by atoms with van der Waals surface area (Å²) >= 11 is 1.33. The third-order valence-electron chi connectivity index (χ3n) is 4.53. The minimum Gasteiger partial charge on any atom is -0.298 e. The van der Waals surface area contributed by atoms with Gasteiger partial charge in [0.2, 0.25) is 10.0 Å². The Balaban J connectivity index is 1.66. The van der Waals surface area contributed by atoms with Gasteiger partial charge in [-0.05, 0) is 42.0 Å². The molecule has 30 heavy (non-hydrogen) atoms. The summed E-state index contributed by atoms with van der Waals surface area (Å²) in [4.78, 5) is 17.8. The summed E-state index contributed by atoms with van der Waals surface area (Å²) in [5.74, 6) is -0.656. The molecule has 0 radical (unpaired) electrons. The van der Waals surface area contributed by atoms with Crippen LogP contribution in [0.3, 0.4) is 0 Å². The Morgan fingerprint density at radius 3 is 2.30 bits per heavy atom. The molecule has 1 N–H and O–H groups in total. The van der Waals surface area contributed by atoms with Crippen molar-refractivity contribution in [2.45, 2.75) is 25.2 Å². The van der Waals surface area contributed by atoms with Crippen molar-refractivity contribution < 1.29 is 17.6 Å². The number of benzene rings is 2. The van der Waals surface area contributed by atoms with Gasteiger partial charge in [-0.25, -0.2) is 17.8 Å². The Hall–Kier alpha value is -2.62. The molecule has 0 saturated carbocycles. The number of anilines is 1. The van der Waals surface area contributed by atoms with Gasteiger partial charge in [-0.3, -0.25) is 10.1 Å². The molecule has 1 heterocycles. The van der Waals surface area contributed by atoms with Crippen LogP contribution in [-0.2, 0) is 16.4 Å². The van der Waals surface area contributed by atoms with Gasteiger partial charge in [-0.1, -0.05) is 26.0 Å². The van der Waals surface area contributed by atoms with Crippen molar-refractivity contribution in [3.63, 3.8) is 0 Å². The van der Waals surface area contributed by atoms with E-state index in [1.165, 1.54) is 52.0 Å². The number of aromatic nitrogens is 1. The largest absolute Gasteiger partial charge is 0.298 e. The topological polar surface area (TPSA) is 79.4 Å². The molecule has 0 bridgehead atoms. The maximum atomic E-state index is 13.0. The number of hydrogen-bond acceptors (Lipinski definition) is 5. The second-order valence-corrected chi connectivity index (χ2v) is 9.56. The normalized spacial score (nSPS) is 11.6. The Morgan fingerprint density at radius 2 is 1.70 bits per heavy atom. The highest BCUT2D eigenvalue weighted by Gasteiger charge is 2.21. The molecule has 158 valence electrons. The number of nitrogens with one attached hydrogen (secondary N) is 1. The Bertz CT molecular complexity index is 1110. The molecule has 0 aliphatic heterocycles. The van der Waals surface area contributed by atoms with Crippen LogP contribution in [0.2, 0.25) is 0 Å². The van der Waals surface area contributed by atoms with Gasteiger partial charge in [-0.2, -0.15) is 4.31 Å². The molecule has 1 amide bonds. The summed E-state index contributed by atoms with van der Waals surface area (Å²) in [6, 6.07) is 12.1. The van der Waals surface area contributed by atoms with Gasteiger partial charge in [0.25, 0.3) is 5.91 Å². The monoisotopic (exact) mass is 447 g/mol. The molecule has 0 fully saturated rings. The summed E-state index contributed by atoms with van der Waals surface area (Å²) < 4.78 is 39.4. The number of sulfonamides is 1. The number of rotatable bonds is 8. The standard InChI is InChI=1S/C21H22FN3O3S2/c1-3-25(4-2)30(27,28)19-11-7-16(8-12-19)20(26)24-21-23-14-18(29-21)13-15-5-9-17(22)10-6-15/h5-12,14H,3-4,13H2,1-2H3,(H,23,24,26). The predicted octanol–water partition coefficient (Wildman–Crippen LogP) is 4.16. The molecule has 2 aromatic carbocycles. The number of carbonyl (C=O) groups is 1. The van der Waals surface area contributed by atoms with Crippen LogP contribution >= 0.6 is 11.3 Å². The van der Waals surface area contributed by atoms with Crippen molar-refractivity contribution in [3.05, 3.63) is 76.5 Å². The molecular weight excluding hydrogens is 425 g/mol. The number of nitrogens with zero attached hydrogens (tertiary/aromatic N) is 2. The summed E-state index contributed by atoms with van der Waals surface area (Å²) in [5, 5.41) is 3.17. The van der Waals surface area contributed by atoms with E-state index in [1.807, 2.05) is 0 Å². The van der Waals surface area contributed by atoms with E-state index >= 15 is 0 Å². The van der Waals surface area contributed by atoms with Crippen LogP contribution in [0.25, 0.3) is 0 Å². The van der Waals surface area contributed by atoms with Gasteiger partial charge >= 0.3 is 0 Å². The lowest BCUT2D eigenvalue weighted by molar-refractivity contribution is 0.102. The van der Waals surface area contributed by atoms with E-state index in [-0.39, 0.29) is 16.6 Å². The van der Waals surface area contributed by atoms with Crippen molar-refractivity contribution in [1.29, 1.82) is 0 Å². The Labute approximate surface area is 179 Å². The van der Waals surface area contributed by atoms with Crippen LogP contribution in [0, 0.1) is 5.82 Å². The summed E-state index contributed by atoms with van der Waals surface area (Å²) in [6.07, 6.45) is 2.26. The molecule has 9 heteroatoms. The van der Waals surface area contributed by atoms with Crippen LogP contribution in [0.4, 0.5) is 9.52 Å². The van der Waals surface area contributed by atoms with Crippen LogP contribution < -0.4 is 5.32 Å². The fourth-order valence-electron chi connectivity index (χ4n) is 2.91. The van der Waals surface area contributed by atoms with E-state index < -0.39 is 10.0 Å². The smallest absolute Gasteiger partial charge is 0.257 e. The lowest BCUT2D eigenvalue weighted by atomic mass is 10.1. The van der Waals surface area contributed by atoms with Gasteiger partial charge in [0.05, 0.1) is 4.90 Å². The molecular formula is C21H22FN3O3S2. The van der Waals surface area contributed by atoms with Gasteiger partial charge < -0.3 is 0 Å². The number of halogens is 1. The van der Waals surface area contributed by atoms with Gasteiger partial charge in [0, 0.05) is 36.1 Å². The lowest BCUT2D eigenvalue weighted by Gasteiger charge is -2.18. The maximum Gasteiger partial charge on any atom is 0.257 e. The van der Waals surface area contributed by atoms with E-state index in [2.05, 4.69) is 10.3 Å². The third-order valence-corrected chi connectivity index (χ3v) is 7.50. The number of carbonyl (C=O) groups excluding carboxylic acids is 1. The zero-order valence-electron chi connectivity index (χ0n) is 16.6. The number of amides is 1. The van der Waals surface area contributed by atoms with Crippen molar-refractivity contribution >= 4 is 32.4 Å².